The quantitative estimate of drug-likeness (QED) is 0.737. The van der Waals surface area contributed by atoms with E-state index < -0.39 is 0 Å². The van der Waals surface area contributed by atoms with Crippen LogP contribution in [0.4, 0.5) is 10.5 Å². The van der Waals surface area contributed by atoms with E-state index in [0.717, 1.165) is 25.1 Å². The minimum Gasteiger partial charge on any atom is -0.497 e. The van der Waals surface area contributed by atoms with Gasteiger partial charge in [-0.1, -0.05) is 0 Å². The van der Waals surface area contributed by atoms with Gasteiger partial charge in [0.1, 0.15) is 5.75 Å². The molecule has 150 valence electrons. The van der Waals surface area contributed by atoms with E-state index in [2.05, 4.69) is 20.8 Å². The average Bonchev–Trinajstić information content (AvgIpc) is 3.15. The molecule has 1 aromatic carbocycles. The largest absolute Gasteiger partial charge is 0.497 e. The van der Waals surface area contributed by atoms with Crippen LogP contribution < -0.4 is 15.4 Å². The van der Waals surface area contributed by atoms with E-state index in [1.54, 1.807) is 37.6 Å². The molecule has 3 amide bonds. The number of aromatic nitrogens is 2. The molecule has 0 spiro atoms. The van der Waals surface area contributed by atoms with Gasteiger partial charge in [0, 0.05) is 30.6 Å². The molecular weight excluding hydrogens is 358 g/mol. The first-order valence-corrected chi connectivity index (χ1v) is 9.52. The van der Waals surface area contributed by atoms with Crippen molar-refractivity contribution >= 4 is 17.6 Å². The van der Waals surface area contributed by atoms with Crippen LogP contribution in [0.3, 0.4) is 0 Å². The zero-order valence-corrected chi connectivity index (χ0v) is 16.5. The van der Waals surface area contributed by atoms with Crippen molar-refractivity contribution in [3.8, 4) is 5.75 Å². The number of hydrogen-bond acceptors (Lipinski definition) is 4. The maximum absolute atomic E-state index is 12.6. The number of carbonyl (C=O) groups excluding carboxylic acids is 2. The number of ether oxygens (including phenoxy) is 1. The number of carbonyl (C=O) groups is 2. The molecule has 2 aromatic rings. The molecule has 1 atom stereocenters. The highest BCUT2D eigenvalue weighted by molar-refractivity contribution is 6.04. The Hall–Kier alpha value is -3.03. The van der Waals surface area contributed by atoms with Crippen molar-refractivity contribution < 1.29 is 14.3 Å². The highest BCUT2D eigenvalue weighted by Gasteiger charge is 2.28. The average molecular weight is 385 g/mol. The van der Waals surface area contributed by atoms with Gasteiger partial charge >= 0.3 is 6.03 Å². The number of hydrogen-bond donors (Lipinski definition) is 3. The van der Waals surface area contributed by atoms with E-state index in [0.29, 0.717) is 23.5 Å². The van der Waals surface area contributed by atoms with Gasteiger partial charge in [-0.25, -0.2) is 4.79 Å². The van der Waals surface area contributed by atoms with Crippen molar-refractivity contribution in [1.29, 1.82) is 0 Å². The van der Waals surface area contributed by atoms with Crippen LogP contribution in [0.5, 0.6) is 5.75 Å². The first-order valence-electron chi connectivity index (χ1n) is 9.52. The Balaban J connectivity index is 1.68. The highest BCUT2D eigenvalue weighted by Crippen LogP contribution is 2.30. The lowest BCUT2D eigenvalue weighted by Gasteiger charge is -2.33. The van der Waals surface area contributed by atoms with Crippen LogP contribution in [0, 0.1) is 0 Å². The summed E-state index contributed by atoms with van der Waals surface area (Å²) in [5.41, 5.74) is 2.04. The molecule has 1 aliphatic rings. The molecule has 0 aliphatic carbocycles. The molecule has 2 heterocycles. The van der Waals surface area contributed by atoms with Gasteiger partial charge in [-0.05, 0) is 51.0 Å². The minimum absolute atomic E-state index is 0.0527. The van der Waals surface area contributed by atoms with Crippen molar-refractivity contribution in [2.45, 2.75) is 38.6 Å². The van der Waals surface area contributed by atoms with Gasteiger partial charge in [-0.2, -0.15) is 5.10 Å². The minimum atomic E-state index is -0.212. The number of anilines is 1. The predicted molar refractivity (Wildman–Crippen MR) is 107 cm³/mol. The zero-order chi connectivity index (χ0) is 20.1. The van der Waals surface area contributed by atoms with Gasteiger partial charge in [0.05, 0.1) is 24.7 Å². The summed E-state index contributed by atoms with van der Waals surface area (Å²) < 4.78 is 5.12. The van der Waals surface area contributed by atoms with Gasteiger partial charge in [-0.15, -0.1) is 0 Å². The fourth-order valence-electron chi connectivity index (χ4n) is 3.38. The van der Waals surface area contributed by atoms with Crippen molar-refractivity contribution in [3.05, 3.63) is 41.7 Å². The van der Waals surface area contributed by atoms with Crippen molar-refractivity contribution in [2.75, 3.05) is 25.5 Å². The Morgan fingerprint density at radius 1 is 1.29 bits per heavy atom. The van der Waals surface area contributed by atoms with Crippen LogP contribution in [0.1, 0.15) is 48.7 Å². The second-order valence-electron chi connectivity index (χ2n) is 7.27. The Bertz CT molecular complexity index is 816. The molecule has 3 N–H and O–H groups in total. The van der Waals surface area contributed by atoms with Crippen LogP contribution in [-0.4, -0.2) is 53.3 Å². The maximum Gasteiger partial charge on any atom is 0.317 e. The Morgan fingerprint density at radius 2 is 2.04 bits per heavy atom. The Kier molecular flexibility index (Phi) is 6.18. The Morgan fingerprint density at radius 3 is 2.71 bits per heavy atom. The van der Waals surface area contributed by atoms with Crippen molar-refractivity contribution in [3.63, 3.8) is 0 Å². The normalized spacial score (nSPS) is 16.7. The van der Waals surface area contributed by atoms with E-state index in [9.17, 15) is 9.59 Å². The number of likely N-dealkylation sites (tertiary alicyclic amines) is 1. The Labute approximate surface area is 164 Å². The molecule has 0 unspecified atom stereocenters. The molecule has 0 bridgehead atoms. The first-order chi connectivity index (χ1) is 13.5. The fraction of sp³-hybridized carbons (Fsp3) is 0.450. The molecule has 8 heteroatoms. The van der Waals surface area contributed by atoms with E-state index >= 15 is 0 Å². The molecule has 1 aliphatic heterocycles. The number of piperidine rings is 1. The standard InChI is InChI=1S/C20H27N5O3/c1-13(2)22-20(27)25-10-4-5-15(12-25)18-17(11-21-24-18)23-19(26)14-6-8-16(28-3)9-7-14/h6-9,11,13,15H,4-5,10,12H2,1-3H3,(H,21,24)(H,22,27)(H,23,26)/t15-/m0/s1. The number of nitrogens with zero attached hydrogens (tertiary/aromatic N) is 2. The topological polar surface area (TPSA) is 99.3 Å². The number of H-pyrrole nitrogens is 1. The summed E-state index contributed by atoms with van der Waals surface area (Å²) in [6.07, 6.45) is 3.45. The van der Waals surface area contributed by atoms with E-state index in [1.807, 2.05) is 18.7 Å². The van der Waals surface area contributed by atoms with Crippen LogP contribution in [-0.2, 0) is 0 Å². The number of aromatic amines is 1. The maximum atomic E-state index is 12.6. The van der Waals surface area contributed by atoms with Gasteiger partial charge in [0.25, 0.3) is 5.91 Å². The molecule has 1 fully saturated rings. The van der Waals surface area contributed by atoms with Gasteiger partial charge in [0.15, 0.2) is 0 Å². The fourth-order valence-corrected chi connectivity index (χ4v) is 3.38. The van der Waals surface area contributed by atoms with Crippen LogP contribution in [0.25, 0.3) is 0 Å². The third-order valence-electron chi connectivity index (χ3n) is 4.80. The van der Waals surface area contributed by atoms with Crippen LogP contribution >= 0.6 is 0 Å². The van der Waals surface area contributed by atoms with E-state index in [4.69, 9.17) is 4.74 Å². The van der Waals surface area contributed by atoms with Crippen molar-refractivity contribution in [2.24, 2.45) is 0 Å². The molecule has 1 saturated heterocycles. The summed E-state index contributed by atoms with van der Waals surface area (Å²) in [5.74, 6) is 0.582. The van der Waals surface area contributed by atoms with Gasteiger partial charge in [-0.3, -0.25) is 9.89 Å². The molecular formula is C20H27N5O3. The first kappa shape index (κ1) is 19.7. The number of urea groups is 1. The second-order valence-corrected chi connectivity index (χ2v) is 7.27. The SMILES string of the molecule is COc1ccc(C(=O)Nc2cn[nH]c2[C@H]2CCCN(C(=O)NC(C)C)C2)cc1. The summed E-state index contributed by atoms with van der Waals surface area (Å²) in [6.45, 7) is 5.21. The van der Waals surface area contributed by atoms with Gasteiger partial charge in [0.2, 0.25) is 0 Å². The lowest BCUT2D eigenvalue weighted by molar-refractivity contribution is 0.102. The monoisotopic (exact) mass is 385 g/mol. The summed E-state index contributed by atoms with van der Waals surface area (Å²) in [7, 11) is 1.59. The van der Waals surface area contributed by atoms with Crippen LogP contribution in [0.15, 0.2) is 30.5 Å². The third-order valence-corrected chi connectivity index (χ3v) is 4.80. The molecule has 28 heavy (non-hydrogen) atoms. The molecule has 0 saturated carbocycles. The highest BCUT2D eigenvalue weighted by atomic mass is 16.5. The smallest absolute Gasteiger partial charge is 0.317 e. The number of rotatable bonds is 5. The van der Waals surface area contributed by atoms with Crippen molar-refractivity contribution in [1.82, 2.24) is 20.4 Å². The summed E-state index contributed by atoms with van der Waals surface area (Å²) in [5, 5.41) is 13.0. The number of benzene rings is 1. The summed E-state index contributed by atoms with van der Waals surface area (Å²) in [4.78, 5) is 26.7. The zero-order valence-electron chi connectivity index (χ0n) is 16.5. The summed E-state index contributed by atoms with van der Waals surface area (Å²) in [6, 6.07) is 6.97. The van der Waals surface area contributed by atoms with Crippen LogP contribution in [0.2, 0.25) is 0 Å². The number of methoxy groups -OCH3 is 1. The summed E-state index contributed by atoms with van der Waals surface area (Å²) >= 11 is 0. The van der Waals surface area contributed by atoms with Gasteiger partial charge < -0.3 is 20.3 Å². The molecule has 8 nitrogen and oxygen atoms in total. The molecule has 1 aromatic heterocycles. The molecule has 0 radical (unpaired) electrons. The second kappa shape index (κ2) is 8.77. The number of amides is 3. The van der Waals surface area contributed by atoms with E-state index in [-0.39, 0.29) is 23.9 Å². The molecule has 3 rings (SSSR count). The predicted octanol–water partition coefficient (Wildman–Crippen LogP) is 2.97. The van der Waals surface area contributed by atoms with E-state index in [1.165, 1.54) is 0 Å². The lowest BCUT2D eigenvalue weighted by Crippen LogP contribution is -2.47. The third kappa shape index (κ3) is 4.62. The number of nitrogens with one attached hydrogen (secondary N) is 3. The lowest BCUT2D eigenvalue weighted by atomic mass is 9.94.